The molecule has 1 atom stereocenters. The van der Waals surface area contributed by atoms with Crippen molar-refractivity contribution in [3.63, 3.8) is 0 Å². The fourth-order valence-electron chi connectivity index (χ4n) is 3.67. The van der Waals surface area contributed by atoms with Gasteiger partial charge >= 0.3 is 5.97 Å². The second-order valence-corrected chi connectivity index (χ2v) is 6.73. The summed E-state index contributed by atoms with van der Waals surface area (Å²) in [6.07, 6.45) is 4.65. The number of rotatable bonds is 4. The van der Waals surface area contributed by atoms with Gasteiger partial charge < -0.3 is 19.1 Å². The third-order valence-electron chi connectivity index (χ3n) is 4.96. The predicted molar refractivity (Wildman–Crippen MR) is 102 cm³/mol. The Hall–Kier alpha value is -2.76. The summed E-state index contributed by atoms with van der Waals surface area (Å²) in [4.78, 5) is 18.6. The van der Waals surface area contributed by atoms with Crippen LogP contribution in [0.3, 0.4) is 0 Å². The minimum absolute atomic E-state index is 0.239. The zero-order chi connectivity index (χ0) is 18.6. The molecular weight excluding hydrogens is 344 g/mol. The van der Waals surface area contributed by atoms with Crippen LogP contribution in [0.5, 0.6) is 11.5 Å². The molecular formula is C21H24N2O4. The fourth-order valence-corrected chi connectivity index (χ4v) is 3.67. The summed E-state index contributed by atoms with van der Waals surface area (Å²) in [5, 5.41) is 0. The quantitative estimate of drug-likeness (QED) is 0.766. The van der Waals surface area contributed by atoms with Crippen molar-refractivity contribution in [3.05, 3.63) is 47.7 Å². The van der Waals surface area contributed by atoms with Crippen molar-refractivity contribution in [3.8, 4) is 11.5 Å². The number of hydrogen-bond donors (Lipinski definition) is 0. The molecule has 0 bridgehead atoms. The molecule has 0 aliphatic carbocycles. The summed E-state index contributed by atoms with van der Waals surface area (Å²) in [5.41, 5.74) is 1.68. The van der Waals surface area contributed by atoms with Gasteiger partial charge in [0.1, 0.15) is 5.82 Å². The molecule has 1 aromatic heterocycles. The van der Waals surface area contributed by atoms with Gasteiger partial charge in [-0.1, -0.05) is 6.07 Å². The number of benzene rings is 1. The molecule has 1 saturated heterocycles. The number of esters is 1. The molecule has 0 N–H and O–H groups in total. The van der Waals surface area contributed by atoms with Gasteiger partial charge in [0.05, 0.1) is 31.4 Å². The highest BCUT2D eigenvalue weighted by Gasteiger charge is 2.28. The van der Waals surface area contributed by atoms with Crippen molar-refractivity contribution in [2.45, 2.75) is 32.2 Å². The SMILES string of the molecule is CCOC(=O)c1ccc(N2CCC[C@@H]2c2ccc3c(c2)OCCCO3)nc1. The van der Waals surface area contributed by atoms with Gasteiger partial charge in [-0.3, -0.25) is 0 Å². The summed E-state index contributed by atoms with van der Waals surface area (Å²) in [5.74, 6) is 2.18. The van der Waals surface area contributed by atoms with E-state index in [1.54, 1.807) is 19.2 Å². The van der Waals surface area contributed by atoms with E-state index in [1.807, 2.05) is 12.1 Å². The Morgan fingerprint density at radius 2 is 2.04 bits per heavy atom. The number of carbonyl (C=O) groups is 1. The van der Waals surface area contributed by atoms with Crippen molar-refractivity contribution in [1.29, 1.82) is 0 Å². The smallest absolute Gasteiger partial charge is 0.339 e. The molecule has 4 rings (SSSR count). The van der Waals surface area contributed by atoms with E-state index in [0.717, 1.165) is 43.1 Å². The number of nitrogens with zero attached hydrogens (tertiary/aromatic N) is 2. The third-order valence-corrected chi connectivity index (χ3v) is 4.96. The van der Waals surface area contributed by atoms with Crippen LogP contribution in [0, 0.1) is 0 Å². The molecule has 6 nitrogen and oxygen atoms in total. The molecule has 2 aliphatic rings. The van der Waals surface area contributed by atoms with Crippen LogP contribution in [0.1, 0.15) is 48.1 Å². The number of hydrogen-bond acceptors (Lipinski definition) is 6. The summed E-state index contributed by atoms with van der Waals surface area (Å²) in [6.45, 7) is 4.47. The van der Waals surface area contributed by atoms with Crippen molar-refractivity contribution in [2.24, 2.45) is 0 Å². The average molecular weight is 368 g/mol. The van der Waals surface area contributed by atoms with Gasteiger partial charge in [0.25, 0.3) is 0 Å². The number of fused-ring (bicyclic) bond motifs is 1. The minimum atomic E-state index is -0.336. The predicted octanol–water partition coefficient (Wildman–Crippen LogP) is 3.76. The fraction of sp³-hybridized carbons (Fsp3) is 0.429. The number of ether oxygens (including phenoxy) is 3. The molecule has 142 valence electrons. The normalized spacial score (nSPS) is 18.9. The highest BCUT2D eigenvalue weighted by Crippen LogP contribution is 2.39. The Morgan fingerprint density at radius 3 is 2.81 bits per heavy atom. The van der Waals surface area contributed by atoms with E-state index < -0.39 is 0 Å². The van der Waals surface area contributed by atoms with Crippen molar-refractivity contribution >= 4 is 11.8 Å². The molecule has 27 heavy (non-hydrogen) atoms. The zero-order valence-corrected chi connectivity index (χ0v) is 15.5. The van der Waals surface area contributed by atoms with Crippen LogP contribution in [0.15, 0.2) is 36.5 Å². The zero-order valence-electron chi connectivity index (χ0n) is 15.5. The number of anilines is 1. The number of aromatic nitrogens is 1. The summed E-state index contributed by atoms with van der Waals surface area (Å²) < 4.78 is 16.6. The van der Waals surface area contributed by atoms with E-state index in [1.165, 1.54) is 5.56 Å². The van der Waals surface area contributed by atoms with Gasteiger partial charge in [-0.2, -0.15) is 0 Å². The number of pyridine rings is 1. The van der Waals surface area contributed by atoms with E-state index in [-0.39, 0.29) is 12.0 Å². The van der Waals surface area contributed by atoms with Gasteiger partial charge in [-0.25, -0.2) is 9.78 Å². The Bertz CT molecular complexity index is 806. The lowest BCUT2D eigenvalue weighted by Gasteiger charge is -2.26. The molecule has 2 aromatic rings. The Balaban J connectivity index is 1.56. The Morgan fingerprint density at radius 1 is 1.19 bits per heavy atom. The first kappa shape index (κ1) is 17.6. The third kappa shape index (κ3) is 3.70. The first-order chi connectivity index (χ1) is 13.3. The molecule has 1 aromatic carbocycles. The maximum atomic E-state index is 11.8. The van der Waals surface area contributed by atoms with Crippen molar-refractivity contribution in [2.75, 3.05) is 31.3 Å². The average Bonchev–Trinajstić information content (AvgIpc) is 3.07. The van der Waals surface area contributed by atoms with Crippen LogP contribution in [0.2, 0.25) is 0 Å². The maximum absolute atomic E-state index is 11.8. The molecule has 0 unspecified atom stereocenters. The van der Waals surface area contributed by atoms with Gasteiger partial charge in [0, 0.05) is 19.2 Å². The van der Waals surface area contributed by atoms with Crippen LogP contribution < -0.4 is 14.4 Å². The van der Waals surface area contributed by atoms with Crippen LogP contribution in [0.25, 0.3) is 0 Å². The summed E-state index contributed by atoms with van der Waals surface area (Å²) >= 11 is 0. The summed E-state index contributed by atoms with van der Waals surface area (Å²) in [7, 11) is 0. The second-order valence-electron chi connectivity index (χ2n) is 6.73. The van der Waals surface area contributed by atoms with Crippen LogP contribution in [-0.2, 0) is 4.74 Å². The van der Waals surface area contributed by atoms with E-state index in [4.69, 9.17) is 14.2 Å². The molecule has 0 radical (unpaired) electrons. The van der Waals surface area contributed by atoms with Gasteiger partial charge in [0.2, 0.25) is 0 Å². The van der Waals surface area contributed by atoms with E-state index in [9.17, 15) is 4.79 Å². The lowest BCUT2D eigenvalue weighted by molar-refractivity contribution is 0.0526. The minimum Gasteiger partial charge on any atom is -0.490 e. The van der Waals surface area contributed by atoms with E-state index in [2.05, 4.69) is 22.0 Å². The van der Waals surface area contributed by atoms with Crippen LogP contribution >= 0.6 is 0 Å². The standard InChI is InChI=1S/C21H24N2O4/c1-2-25-21(24)16-7-9-20(22-14-16)23-10-3-5-17(23)15-6-8-18-19(13-15)27-12-4-11-26-18/h6-9,13-14,17H,2-5,10-12H2,1H3/t17-/m1/s1. The first-order valence-corrected chi connectivity index (χ1v) is 9.55. The monoisotopic (exact) mass is 368 g/mol. The van der Waals surface area contributed by atoms with Gasteiger partial charge in [0.15, 0.2) is 11.5 Å². The highest BCUT2D eigenvalue weighted by atomic mass is 16.5. The van der Waals surface area contributed by atoms with E-state index >= 15 is 0 Å². The van der Waals surface area contributed by atoms with Crippen LogP contribution in [-0.4, -0.2) is 37.3 Å². The summed E-state index contributed by atoms with van der Waals surface area (Å²) in [6, 6.07) is 10.1. The Kier molecular flexibility index (Phi) is 5.14. The molecule has 3 heterocycles. The highest BCUT2D eigenvalue weighted by molar-refractivity contribution is 5.89. The second kappa shape index (κ2) is 7.86. The van der Waals surface area contributed by atoms with E-state index in [0.29, 0.717) is 25.4 Å². The lowest BCUT2D eigenvalue weighted by Crippen LogP contribution is -2.23. The lowest BCUT2D eigenvalue weighted by atomic mass is 10.0. The maximum Gasteiger partial charge on any atom is 0.339 e. The molecule has 0 amide bonds. The van der Waals surface area contributed by atoms with Crippen molar-refractivity contribution in [1.82, 2.24) is 4.98 Å². The van der Waals surface area contributed by atoms with Gasteiger partial charge in [-0.15, -0.1) is 0 Å². The molecule has 0 spiro atoms. The molecule has 1 fully saturated rings. The largest absolute Gasteiger partial charge is 0.490 e. The first-order valence-electron chi connectivity index (χ1n) is 9.55. The van der Waals surface area contributed by atoms with Crippen LogP contribution in [0.4, 0.5) is 5.82 Å². The Labute approximate surface area is 159 Å². The topological polar surface area (TPSA) is 60.9 Å². The number of carbonyl (C=O) groups excluding carboxylic acids is 1. The molecule has 0 saturated carbocycles. The van der Waals surface area contributed by atoms with Crippen molar-refractivity contribution < 1.29 is 19.0 Å². The van der Waals surface area contributed by atoms with Gasteiger partial charge in [-0.05, 0) is 49.6 Å². The molecule has 2 aliphatic heterocycles. The molecule has 6 heteroatoms.